The Bertz CT molecular complexity index is 186. The van der Waals surface area contributed by atoms with Crippen molar-refractivity contribution in [2.75, 3.05) is 33.7 Å². The Morgan fingerprint density at radius 3 is 2.50 bits per heavy atom. The second kappa shape index (κ2) is 5.35. The molecule has 0 atom stereocenters. The van der Waals surface area contributed by atoms with Crippen LogP contribution >= 0.6 is 0 Å². The van der Waals surface area contributed by atoms with E-state index in [0.717, 1.165) is 6.54 Å². The first-order valence-electron chi connectivity index (χ1n) is 5.56. The van der Waals surface area contributed by atoms with Gasteiger partial charge < -0.3 is 9.80 Å². The van der Waals surface area contributed by atoms with Gasteiger partial charge in [0.05, 0.1) is 0 Å². The number of rotatable bonds is 3. The van der Waals surface area contributed by atoms with E-state index in [2.05, 4.69) is 11.9 Å². The maximum atomic E-state index is 11.4. The zero-order chi connectivity index (χ0) is 10.6. The Morgan fingerprint density at radius 2 is 2.00 bits per heavy atom. The molecule has 0 aliphatic carbocycles. The Labute approximate surface area is 87.1 Å². The highest BCUT2D eigenvalue weighted by Crippen LogP contribution is 2.16. The van der Waals surface area contributed by atoms with Crippen LogP contribution in [-0.2, 0) is 4.79 Å². The quantitative estimate of drug-likeness (QED) is 0.680. The highest BCUT2D eigenvalue weighted by Gasteiger charge is 2.19. The second-order valence-electron chi connectivity index (χ2n) is 4.37. The van der Waals surface area contributed by atoms with Crippen LogP contribution in [0.4, 0.5) is 0 Å². The third-order valence-electron chi connectivity index (χ3n) is 3.10. The first-order valence-corrected chi connectivity index (χ1v) is 5.56. The molecule has 1 heterocycles. The molecule has 0 aromatic carbocycles. The number of amides is 1. The van der Waals surface area contributed by atoms with Gasteiger partial charge in [-0.05, 0) is 38.9 Å². The molecule has 0 radical (unpaired) electrons. The number of hydrogen-bond donors (Lipinski definition) is 0. The number of carbonyl (C=O) groups is 1. The number of hydrogen-bond acceptors (Lipinski definition) is 2. The summed E-state index contributed by atoms with van der Waals surface area (Å²) in [7, 11) is 4.08. The molecule has 82 valence electrons. The Balaban J connectivity index is 2.27. The summed E-state index contributed by atoms with van der Waals surface area (Å²) in [5.41, 5.74) is 0. The number of carbonyl (C=O) groups excluding carboxylic acids is 1. The van der Waals surface area contributed by atoms with Gasteiger partial charge in [-0.3, -0.25) is 4.79 Å². The lowest BCUT2D eigenvalue weighted by atomic mass is 9.96. The Hall–Kier alpha value is -0.570. The van der Waals surface area contributed by atoms with Crippen molar-refractivity contribution in [3.63, 3.8) is 0 Å². The second-order valence-corrected chi connectivity index (χ2v) is 4.37. The van der Waals surface area contributed by atoms with Gasteiger partial charge in [0.2, 0.25) is 5.91 Å². The van der Waals surface area contributed by atoms with Crippen molar-refractivity contribution in [3.8, 4) is 0 Å². The van der Waals surface area contributed by atoms with Crippen LogP contribution in [0.25, 0.3) is 0 Å². The summed E-state index contributed by atoms with van der Waals surface area (Å²) in [6.45, 7) is 5.23. The van der Waals surface area contributed by atoms with Crippen molar-refractivity contribution < 1.29 is 4.79 Å². The molecular formula is C11H22N2O. The normalized spacial score (nSPS) is 19.6. The summed E-state index contributed by atoms with van der Waals surface area (Å²) in [5.74, 6) is 0.982. The summed E-state index contributed by atoms with van der Waals surface area (Å²) >= 11 is 0. The van der Waals surface area contributed by atoms with Gasteiger partial charge in [0, 0.05) is 20.0 Å². The molecule has 0 bridgehead atoms. The van der Waals surface area contributed by atoms with Gasteiger partial charge in [-0.1, -0.05) is 6.92 Å². The van der Waals surface area contributed by atoms with Gasteiger partial charge in [-0.2, -0.15) is 0 Å². The minimum atomic E-state index is 0.268. The molecule has 0 N–H and O–H groups in total. The number of piperidine rings is 1. The summed E-state index contributed by atoms with van der Waals surface area (Å²) < 4.78 is 0. The number of nitrogens with zero attached hydrogens (tertiary/aromatic N) is 2. The van der Waals surface area contributed by atoms with Gasteiger partial charge in [-0.15, -0.1) is 0 Å². The van der Waals surface area contributed by atoms with E-state index in [4.69, 9.17) is 0 Å². The molecule has 14 heavy (non-hydrogen) atoms. The van der Waals surface area contributed by atoms with Gasteiger partial charge >= 0.3 is 0 Å². The highest BCUT2D eigenvalue weighted by molar-refractivity contribution is 5.75. The fraction of sp³-hybridized carbons (Fsp3) is 0.909. The summed E-state index contributed by atoms with van der Waals surface area (Å²) in [6, 6.07) is 0. The van der Waals surface area contributed by atoms with E-state index in [9.17, 15) is 4.79 Å². The van der Waals surface area contributed by atoms with E-state index >= 15 is 0 Å². The van der Waals surface area contributed by atoms with Crippen LogP contribution < -0.4 is 0 Å². The van der Waals surface area contributed by atoms with E-state index in [0.29, 0.717) is 12.3 Å². The minimum absolute atomic E-state index is 0.268. The number of likely N-dealkylation sites (tertiary alicyclic amines) is 1. The predicted molar refractivity (Wildman–Crippen MR) is 58.1 cm³/mol. The molecule has 1 amide bonds. The summed E-state index contributed by atoms with van der Waals surface area (Å²) in [6.07, 6.45) is 3.10. The molecule has 1 fully saturated rings. The van der Waals surface area contributed by atoms with Crippen molar-refractivity contribution in [2.24, 2.45) is 5.92 Å². The molecule has 1 saturated heterocycles. The molecule has 1 aliphatic rings. The van der Waals surface area contributed by atoms with E-state index in [1.54, 1.807) is 0 Å². The van der Waals surface area contributed by atoms with Crippen molar-refractivity contribution >= 4 is 5.91 Å². The van der Waals surface area contributed by atoms with Crippen molar-refractivity contribution in [1.82, 2.24) is 9.80 Å². The lowest BCUT2D eigenvalue weighted by Crippen LogP contribution is -2.37. The maximum absolute atomic E-state index is 11.4. The molecule has 0 unspecified atom stereocenters. The van der Waals surface area contributed by atoms with Crippen molar-refractivity contribution in [1.29, 1.82) is 0 Å². The summed E-state index contributed by atoms with van der Waals surface area (Å²) in [5, 5.41) is 0. The third-order valence-corrected chi connectivity index (χ3v) is 3.10. The fourth-order valence-electron chi connectivity index (χ4n) is 2.00. The molecular weight excluding hydrogens is 176 g/mol. The molecule has 1 aliphatic heterocycles. The van der Waals surface area contributed by atoms with E-state index in [-0.39, 0.29) is 5.91 Å². The molecule has 3 nitrogen and oxygen atoms in total. The summed E-state index contributed by atoms with van der Waals surface area (Å²) in [4.78, 5) is 15.6. The van der Waals surface area contributed by atoms with Gasteiger partial charge in [-0.25, -0.2) is 0 Å². The SMILES string of the molecule is CCC(=O)N(C)CC1CCN(C)CC1. The average Bonchev–Trinajstić information content (AvgIpc) is 2.20. The standard InChI is InChI=1S/C11H22N2O/c1-4-11(14)13(3)9-10-5-7-12(2)8-6-10/h10H,4-9H2,1-3H3. The molecule has 0 aromatic rings. The van der Waals surface area contributed by atoms with Crippen LogP contribution in [0.1, 0.15) is 26.2 Å². The molecule has 0 aromatic heterocycles. The van der Waals surface area contributed by atoms with E-state index in [1.807, 2.05) is 18.9 Å². The first-order chi connectivity index (χ1) is 6.63. The van der Waals surface area contributed by atoms with Gasteiger partial charge in [0.1, 0.15) is 0 Å². The Morgan fingerprint density at radius 1 is 1.43 bits per heavy atom. The van der Waals surface area contributed by atoms with Crippen LogP contribution in [0.3, 0.4) is 0 Å². The van der Waals surface area contributed by atoms with Crippen molar-refractivity contribution in [3.05, 3.63) is 0 Å². The topological polar surface area (TPSA) is 23.6 Å². The van der Waals surface area contributed by atoms with Crippen LogP contribution in [0, 0.1) is 5.92 Å². The van der Waals surface area contributed by atoms with E-state index < -0.39 is 0 Å². The van der Waals surface area contributed by atoms with Gasteiger partial charge in [0.15, 0.2) is 0 Å². The maximum Gasteiger partial charge on any atom is 0.222 e. The Kier molecular flexibility index (Phi) is 4.39. The van der Waals surface area contributed by atoms with Crippen LogP contribution in [-0.4, -0.2) is 49.4 Å². The zero-order valence-electron chi connectivity index (χ0n) is 9.62. The lowest BCUT2D eigenvalue weighted by Gasteiger charge is -2.31. The third kappa shape index (κ3) is 3.29. The monoisotopic (exact) mass is 198 g/mol. The van der Waals surface area contributed by atoms with Crippen LogP contribution in [0.2, 0.25) is 0 Å². The van der Waals surface area contributed by atoms with Gasteiger partial charge in [0.25, 0.3) is 0 Å². The van der Waals surface area contributed by atoms with Crippen LogP contribution in [0.15, 0.2) is 0 Å². The molecule has 0 spiro atoms. The smallest absolute Gasteiger partial charge is 0.222 e. The molecule has 3 heteroatoms. The molecule has 1 rings (SSSR count). The van der Waals surface area contributed by atoms with Crippen LogP contribution in [0.5, 0.6) is 0 Å². The first kappa shape index (κ1) is 11.5. The predicted octanol–water partition coefficient (Wildman–Crippen LogP) is 1.20. The largest absolute Gasteiger partial charge is 0.345 e. The minimum Gasteiger partial charge on any atom is -0.345 e. The molecule has 0 saturated carbocycles. The van der Waals surface area contributed by atoms with Crippen molar-refractivity contribution in [2.45, 2.75) is 26.2 Å². The fourth-order valence-corrected chi connectivity index (χ4v) is 2.00. The zero-order valence-corrected chi connectivity index (χ0v) is 9.62. The highest BCUT2D eigenvalue weighted by atomic mass is 16.2. The average molecular weight is 198 g/mol. The van der Waals surface area contributed by atoms with E-state index in [1.165, 1.54) is 25.9 Å². The lowest BCUT2D eigenvalue weighted by molar-refractivity contribution is -0.130.